The Kier molecular flexibility index (Phi) is 4.16. The number of furan rings is 1. The molecule has 1 aromatic carbocycles. The molecule has 1 aliphatic heterocycles. The summed E-state index contributed by atoms with van der Waals surface area (Å²) in [5.41, 5.74) is 1.40. The van der Waals surface area contributed by atoms with Crippen molar-refractivity contribution in [3.8, 4) is 0 Å². The zero-order valence-electron chi connectivity index (χ0n) is 13.2. The van der Waals surface area contributed by atoms with Gasteiger partial charge in [0.05, 0.1) is 24.5 Å². The van der Waals surface area contributed by atoms with Gasteiger partial charge < -0.3 is 9.73 Å². The van der Waals surface area contributed by atoms with E-state index in [1.54, 1.807) is 6.07 Å². The SMILES string of the molecule is Cc1ccc(CN(C)CC(=O)N2CC(=O)Nc3ccccc32)o1. The molecule has 0 aliphatic carbocycles. The molecule has 120 valence electrons. The van der Waals surface area contributed by atoms with Crippen LogP contribution in [0.2, 0.25) is 0 Å². The Morgan fingerprint density at radius 3 is 2.83 bits per heavy atom. The molecule has 23 heavy (non-hydrogen) atoms. The molecule has 0 fully saturated rings. The van der Waals surface area contributed by atoms with Gasteiger partial charge in [0.25, 0.3) is 0 Å². The highest BCUT2D eigenvalue weighted by Gasteiger charge is 2.27. The number of anilines is 2. The summed E-state index contributed by atoms with van der Waals surface area (Å²) < 4.78 is 5.52. The minimum atomic E-state index is -0.179. The van der Waals surface area contributed by atoms with Crippen LogP contribution in [0.3, 0.4) is 0 Å². The highest BCUT2D eigenvalue weighted by Crippen LogP contribution is 2.28. The second-order valence-electron chi connectivity index (χ2n) is 5.73. The predicted octanol–water partition coefficient (Wildman–Crippen LogP) is 2.01. The largest absolute Gasteiger partial charge is 0.465 e. The van der Waals surface area contributed by atoms with Crippen LogP contribution in [0.5, 0.6) is 0 Å². The molecular weight excluding hydrogens is 294 g/mol. The van der Waals surface area contributed by atoms with Crippen LogP contribution in [0, 0.1) is 6.92 Å². The molecule has 1 N–H and O–H groups in total. The van der Waals surface area contributed by atoms with E-state index in [1.165, 1.54) is 4.90 Å². The number of hydrogen-bond donors (Lipinski definition) is 1. The molecule has 0 unspecified atom stereocenters. The molecule has 0 saturated carbocycles. The Balaban J connectivity index is 1.69. The maximum Gasteiger partial charge on any atom is 0.244 e. The Labute approximate surface area is 134 Å². The van der Waals surface area contributed by atoms with Crippen molar-refractivity contribution in [2.45, 2.75) is 13.5 Å². The highest BCUT2D eigenvalue weighted by molar-refractivity contribution is 6.10. The van der Waals surface area contributed by atoms with Gasteiger partial charge in [0.1, 0.15) is 18.1 Å². The van der Waals surface area contributed by atoms with E-state index in [0.717, 1.165) is 17.2 Å². The molecule has 0 atom stereocenters. The first-order valence-corrected chi connectivity index (χ1v) is 7.46. The van der Waals surface area contributed by atoms with Crippen LogP contribution in [0.15, 0.2) is 40.8 Å². The first-order valence-electron chi connectivity index (χ1n) is 7.46. The van der Waals surface area contributed by atoms with Crippen LogP contribution in [0.1, 0.15) is 11.5 Å². The molecular formula is C17H19N3O3. The molecule has 6 nitrogen and oxygen atoms in total. The van der Waals surface area contributed by atoms with Crippen molar-refractivity contribution in [2.24, 2.45) is 0 Å². The molecule has 3 rings (SSSR count). The summed E-state index contributed by atoms with van der Waals surface area (Å²) in [6, 6.07) is 11.1. The van der Waals surface area contributed by atoms with E-state index >= 15 is 0 Å². The molecule has 0 radical (unpaired) electrons. The predicted molar refractivity (Wildman–Crippen MR) is 87.2 cm³/mol. The van der Waals surface area contributed by atoms with Crippen LogP contribution in [0.25, 0.3) is 0 Å². The second kappa shape index (κ2) is 6.26. The lowest BCUT2D eigenvalue weighted by Crippen LogP contribution is -2.45. The summed E-state index contributed by atoms with van der Waals surface area (Å²) in [5.74, 6) is 1.37. The fraction of sp³-hybridized carbons (Fsp3) is 0.294. The lowest BCUT2D eigenvalue weighted by molar-refractivity contribution is -0.122. The molecule has 1 aliphatic rings. The third-order valence-electron chi connectivity index (χ3n) is 3.70. The third-order valence-corrected chi connectivity index (χ3v) is 3.70. The van der Waals surface area contributed by atoms with Crippen molar-refractivity contribution in [2.75, 3.05) is 30.4 Å². The molecule has 2 heterocycles. The van der Waals surface area contributed by atoms with E-state index in [4.69, 9.17) is 4.42 Å². The number of nitrogens with one attached hydrogen (secondary N) is 1. The molecule has 1 aromatic heterocycles. The van der Waals surface area contributed by atoms with Gasteiger partial charge in [0.2, 0.25) is 11.8 Å². The van der Waals surface area contributed by atoms with Gasteiger partial charge in [-0.2, -0.15) is 0 Å². The van der Waals surface area contributed by atoms with Crippen LogP contribution >= 0.6 is 0 Å². The van der Waals surface area contributed by atoms with Crippen LogP contribution < -0.4 is 10.2 Å². The smallest absolute Gasteiger partial charge is 0.244 e. The zero-order valence-corrected chi connectivity index (χ0v) is 13.2. The summed E-state index contributed by atoms with van der Waals surface area (Å²) in [5, 5.41) is 2.78. The number of aryl methyl sites for hydroxylation is 1. The normalized spacial score (nSPS) is 13.9. The Bertz CT molecular complexity index is 738. The number of fused-ring (bicyclic) bond motifs is 1. The van der Waals surface area contributed by atoms with Crippen molar-refractivity contribution < 1.29 is 14.0 Å². The number of para-hydroxylation sites is 2. The third kappa shape index (κ3) is 3.43. The second-order valence-corrected chi connectivity index (χ2v) is 5.73. The fourth-order valence-electron chi connectivity index (χ4n) is 2.66. The van der Waals surface area contributed by atoms with Crippen molar-refractivity contribution >= 4 is 23.2 Å². The van der Waals surface area contributed by atoms with E-state index in [-0.39, 0.29) is 24.9 Å². The first-order chi connectivity index (χ1) is 11.0. The average molecular weight is 313 g/mol. The van der Waals surface area contributed by atoms with Gasteiger partial charge in [-0.3, -0.25) is 19.4 Å². The van der Waals surface area contributed by atoms with Gasteiger partial charge in [0.15, 0.2) is 0 Å². The van der Waals surface area contributed by atoms with Gasteiger partial charge in [-0.15, -0.1) is 0 Å². The summed E-state index contributed by atoms with van der Waals surface area (Å²) in [6.45, 7) is 2.68. The molecule has 2 amide bonds. The summed E-state index contributed by atoms with van der Waals surface area (Å²) in [4.78, 5) is 27.8. The van der Waals surface area contributed by atoms with E-state index in [2.05, 4.69) is 5.32 Å². The molecule has 2 aromatic rings. The number of carbonyl (C=O) groups is 2. The molecule has 0 bridgehead atoms. The Morgan fingerprint density at radius 2 is 2.09 bits per heavy atom. The topological polar surface area (TPSA) is 65.8 Å². The Hall–Kier alpha value is -2.60. The lowest BCUT2D eigenvalue weighted by atomic mass is 10.2. The number of nitrogens with zero attached hydrogens (tertiary/aromatic N) is 2. The minimum Gasteiger partial charge on any atom is -0.465 e. The fourth-order valence-corrected chi connectivity index (χ4v) is 2.66. The number of hydrogen-bond acceptors (Lipinski definition) is 4. The number of rotatable bonds is 4. The number of benzene rings is 1. The monoisotopic (exact) mass is 313 g/mol. The van der Waals surface area contributed by atoms with E-state index in [9.17, 15) is 9.59 Å². The van der Waals surface area contributed by atoms with Crippen molar-refractivity contribution in [1.82, 2.24) is 4.90 Å². The van der Waals surface area contributed by atoms with Crippen LogP contribution in [0.4, 0.5) is 11.4 Å². The van der Waals surface area contributed by atoms with E-state index in [1.807, 2.05) is 49.2 Å². The van der Waals surface area contributed by atoms with Gasteiger partial charge in [-0.05, 0) is 38.2 Å². The van der Waals surface area contributed by atoms with Gasteiger partial charge in [0, 0.05) is 0 Å². The summed E-state index contributed by atoms with van der Waals surface area (Å²) in [6.07, 6.45) is 0. The van der Waals surface area contributed by atoms with Crippen LogP contribution in [-0.4, -0.2) is 36.9 Å². The van der Waals surface area contributed by atoms with Gasteiger partial charge in [-0.25, -0.2) is 0 Å². The highest BCUT2D eigenvalue weighted by atomic mass is 16.3. The van der Waals surface area contributed by atoms with Crippen LogP contribution in [-0.2, 0) is 16.1 Å². The van der Waals surface area contributed by atoms with Crippen molar-refractivity contribution in [3.05, 3.63) is 47.9 Å². The first kappa shape index (κ1) is 15.3. The molecule has 0 spiro atoms. The molecule has 0 saturated heterocycles. The Morgan fingerprint density at radius 1 is 1.30 bits per heavy atom. The quantitative estimate of drug-likeness (QED) is 0.937. The summed E-state index contributed by atoms with van der Waals surface area (Å²) in [7, 11) is 1.85. The summed E-state index contributed by atoms with van der Waals surface area (Å²) >= 11 is 0. The van der Waals surface area contributed by atoms with Crippen molar-refractivity contribution in [1.29, 1.82) is 0 Å². The maximum atomic E-state index is 12.6. The number of likely N-dealkylation sites (N-methyl/N-ethyl adjacent to an activating group) is 1. The van der Waals surface area contributed by atoms with Gasteiger partial charge in [-0.1, -0.05) is 12.1 Å². The molecule has 6 heteroatoms. The number of amides is 2. The van der Waals surface area contributed by atoms with Crippen molar-refractivity contribution in [3.63, 3.8) is 0 Å². The van der Waals surface area contributed by atoms with E-state index < -0.39 is 0 Å². The minimum absolute atomic E-state index is 0.0452. The lowest BCUT2D eigenvalue weighted by Gasteiger charge is -2.30. The zero-order chi connectivity index (χ0) is 16.4. The maximum absolute atomic E-state index is 12.6. The standard InChI is InChI=1S/C17H19N3O3/c1-12-7-8-13(23-12)9-19(2)11-17(22)20-10-16(21)18-14-5-3-4-6-15(14)20/h3-8H,9-11H2,1-2H3,(H,18,21). The number of carbonyl (C=O) groups excluding carboxylic acids is 2. The van der Waals surface area contributed by atoms with Gasteiger partial charge >= 0.3 is 0 Å². The van der Waals surface area contributed by atoms with E-state index in [0.29, 0.717) is 12.2 Å². The average Bonchev–Trinajstić information content (AvgIpc) is 2.91.